The lowest BCUT2D eigenvalue weighted by Crippen LogP contribution is -2.38. The van der Waals surface area contributed by atoms with Gasteiger partial charge in [0, 0.05) is 13.6 Å². The largest absolute Gasteiger partial charge is 0.493 e. The van der Waals surface area contributed by atoms with Gasteiger partial charge >= 0.3 is 0 Å². The SMILES string of the molecule is CN=C(NCCOc1ccccc1C)NCc1ccc(OC)c(OC)c1.I. The van der Waals surface area contributed by atoms with Crippen LogP contribution < -0.4 is 24.8 Å². The van der Waals surface area contributed by atoms with E-state index >= 15 is 0 Å². The Labute approximate surface area is 178 Å². The summed E-state index contributed by atoms with van der Waals surface area (Å²) < 4.78 is 16.4. The number of methoxy groups -OCH3 is 2. The van der Waals surface area contributed by atoms with Crippen molar-refractivity contribution in [3.05, 3.63) is 53.6 Å². The first kappa shape index (κ1) is 22.9. The van der Waals surface area contributed by atoms with E-state index in [9.17, 15) is 0 Å². The average Bonchev–Trinajstić information content (AvgIpc) is 2.68. The van der Waals surface area contributed by atoms with Gasteiger partial charge in [-0.2, -0.15) is 0 Å². The first-order chi connectivity index (χ1) is 12.7. The Morgan fingerprint density at radius 3 is 2.37 bits per heavy atom. The molecule has 0 bridgehead atoms. The molecule has 6 nitrogen and oxygen atoms in total. The fraction of sp³-hybridized carbons (Fsp3) is 0.350. The third-order valence-electron chi connectivity index (χ3n) is 3.88. The van der Waals surface area contributed by atoms with Crippen LogP contribution >= 0.6 is 24.0 Å². The third kappa shape index (κ3) is 7.16. The Kier molecular flexibility index (Phi) is 10.4. The fourth-order valence-electron chi connectivity index (χ4n) is 2.45. The number of hydrogen-bond acceptors (Lipinski definition) is 4. The molecule has 0 atom stereocenters. The smallest absolute Gasteiger partial charge is 0.191 e. The first-order valence-corrected chi connectivity index (χ1v) is 8.51. The zero-order valence-corrected chi connectivity index (χ0v) is 18.6. The van der Waals surface area contributed by atoms with Gasteiger partial charge < -0.3 is 24.8 Å². The van der Waals surface area contributed by atoms with E-state index in [1.807, 2.05) is 49.4 Å². The molecule has 27 heavy (non-hydrogen) atoms. The van der Waals surface area contributed by atoms with Crippen molar-refractivity contribution in [2.75, 3.05) is 34.4 Å². The lowest BCUT2D eigenvalue weighted by atomic mass is 10.2. The molecule has 2 aromatic rings. The highest BCUT2D eigenvalue weighted by molar-refractivity contribution is 14.0. The number of rotatable bonds is 8. The summed E-state index contributed by atoms with van der Waals surface area (Å²) >= 11 is 0. The maximum atomic E-state index is 5.77. The fourth-order valence-corrected chi connectivity index (χ4v) is 2.45. The summed E-state index contributed by atoms with van der Waals surface area (Å²) in [4.78, 5) is 4.22. The molecule has 0 amide bonds. The minimum atomic E-state index is 0. The predicted molar refractivity (Wildman–Crippen MR) is 120 cm³/mol. The van der Waals surface area contributed by atoms with Crippen molar-refractivity contribution in [2.45, 2.75) is 13.5 Å². The molecule has 0 radical (unpaired) electrons. The van der Waals surface area contributed by atoms with E-state index in [-0.39, 0.29) is 24.0 Å². The second kappa shape index (κ2) is 12.3. The quantitative estimate of drug-likeness (QED) is 0.260. The van der Waals surface area contributed by atoms with Gasteiger partial charge in [-0.25, -0.2) is 0 Å². The Morgan fingerprint density at radius 2 is 1.70 bits per heavy atom. The Morgan fingerprint density at radius 1 is 0.963 bits per heavy atom. The number of aryl methyl sites for hydroxylation is 1. The van der Waals surface area contributed by atoms with Crippen LogP contribution in [0.15, 0.2) is 47.5 Å². The number of guanidine groups is 1. The molecule has 0 aliphatic rings. The van der Waals surface area contributed by atoms with E-state index in [0.717, 1.165) is 16.9 Å². The van der Waals surface area contributed by atoms with Crippen LogP contribution in [0, 0.1) is 6.92 Å². The number of aliphatic imine (C=N–C) groups is 1. The monoisotopic (exact) mass is 485 g/mol. The van der Waals surface area contributed by atoms with Gasteiger partial charge in [-0.05, 0) is 36.2 Å². The molecule has 0 aliphatic heterocycles. The molecule has 0 heterocycles. The van der Waals surface area contributed by atoms with Crippen LogP contribution in [-0.2, 0) is 6.54 Å². The molecule has 0 unspecified atom stereocenters. The highest BCUT2D eigenvalue weighted by Gasteiger charge is 2.05. The summed E-state index contributed by atoms with van der Waals surface area (Å²) in [5.74, 6) is 3.05. The highest BCUT2D eigenvalue weighted by Crippen LogP contribution is 2.27. The standard InChI is InChI=1S/C20H27N3O3.HI/c1-15-7-5-6-8-17(15)26-12-11-22-20(21-2)23-14-16-9-10-18(24-3)19(13-16)25-4;/h5-10,13H,11-12,14H2,1-4H3,(H2,21,22,23);1H. The molecule has 0 aromatic heterocycles. The van der Waals surface area contributed by atoms with Gasteiger partial charge in [0.05, 0.1) is 20.8 Å². The van der Waals surface area contributed by atoms with E-state index in [0.29, 0.717) is 37.2 Å². The Bertz CT molecular complexity index is 738. The number of para-hydroxylation sites is 1. The summed E-state index contributed by atoms with van der Waals surface area (Å²) in [5.41, 5.74) is 2.20. The normalized spacial score (nSPS) is 10.6. The molecule has 7 heteroatoms. The van der Waals surface area contributed by atoms with Crippen molar-refractivity contribution < 1.29 is 14.2 Å². The van der Waals surface area contributed by atoms with Gasteiger partial charge in [-0.1, -0.05) is 24.3 Å². The third-order valence-corrected chi connectivity index (χ3v) is 3.88. The molecule has 0 spiro atoms. The van der Waals surface area contributed by atoms with E-state index < -0.39 is 0 Å². The minimum absolute atomic E-state index is 0. The number of nitrogens with one attached hydrogen (secondary N) is 2. The van der Waals surface area contributed by atoms with E-state index in [4.69, 9.17) is 14.2 Å². The summed E-state index contributed by atoms with van der Waals surface area (Å²) in [6.07, 6.45) is 0. The van der Waals surface area contributed by atoms with Gasteiger partial charge in [0.2, 0.25) is 0 Å². The molecule has 0 saturated carbocycles. The van der Waals surface area contributed by atoms with Gasteiger partial charge in [0.25, 0.3) is 0 Å². The molecule has 0 saturated heterocycles. The predicted octanol–water partition coefficient (Wildman–Crippen LogP) is 3.37. The molecule has 2 rings (SSSR count). The van der Waals surface area contributed by atoms with Crippen LogP contribution in [0.25, 0.3) is 0 Å². The van der Waals surface area contributed by atoms with Crippen LogP contribution in [0.4, 0.5) is 0 Å². The van der Waals surface area contributed by atoms with E-state index in [1.165, 1.54) is 0 Å². The van der Waals surface area contributed by atoms with Crippen LogP contribution in [0.3, 0.4) is 0 Å². The Balaban J connectivity index is 0.00000364. The van der Waals surface area contributed by atoms with Crippen LogP contribution in [0.2, 0.25) is 0 Å². The van der Waals surface area contributed by atoms with Crippen LogP contribution in [-0.4, -0.2) is 40.4 Å². The zero-order chi connectivity index (χ0) is 18.8. The molecular formula is C20H28IN3O3. The Hall–Kier alpha value is -2.16. The molecule has 0 aliphatic carbocycles. The summed E-state index contributed by atoms with van der Waals surface area (Å²) in [6, 6.07) is 13.8. The molecular weight excluding hydrogens is 457 g/mol. The lowest BCUT2D eigenvalue weighted by Gasteiger charge is -2.14. The topological polar surface area (TPSA) is 64.1 Å². The van der Waals surface area contributed by atoms with Crippen molar-refractivity contribution in [3.8, 4) is 17.2 Å². The molecule has 0 fully saturated rings. The molecule has 2 aromatic carbocycles. The van der Waals surface area contributed by atoms with Crippen molar-refractivity contribution in [2.24, 2.45) is 4.99 Å². The zero-order valence-electron chi connectivity index (χ0n) is 16.2. The van der Waals surface area contributed by atoms with Gasteiger partial charge in [-0.3, -0.25) is 4.99 Å². The number of nitrogens with zero attached hydrogens (tertiary/aromatic N) is 1. The van der Waals surface area contributed by atoms with Crippen LogP contribution in [0.1, 0.15) is 11.1 Å². The van der Waals surface area contributed by atoms with Crippen molar-refractivity contribution in [1.82, 2.24) is 10.6 Å². The van der Waals surface area contributed by atoms with Gasteiger partial charge in [0.1, 0.15) is 12.4 Å². The minimum Gasteiger partial charge on any atom is -0.493 e. The number of benzene rings is 2. The van der Waals surface area contributed by atoms with Gasteiger partial charge in [0.15, 0.2) is 17.5 Å². The second-order valence-electron chi connectivity index (χ2n) is 5.66. The van der Waals surface area contributed by atoms with Crippen LogP contribution in [0.5, 0.6) is 17.2 Å². The maximum Gasteiger partial charge on any atom is 0.191 e. The second-order valence-corrected chi connectivity index (χ2v) is 5.66. The van der Waals surface area contributed by atoms with Crippen molar-refractivity contribution >= 4 is 29.9 Å². The highest BCUT2D eigenvalue weighted by atomic mass is 127. The van der Waals surface area contributed by atoms with E-state index in [2.05, 4.69) is 15.6 Å². The van der Waals surface area contributed by atoms with Crippen molar-refractivity contribution in [3.63, 3.8) is 0 Å². The number of ether oxygens (including phenoxy) is 3. The molecule has 2 N–H and O–H groups in total. The molecule has 148 valence electrons. The summed E-state index contributed by atoms with van der Waals surface area (Å²) in [6.45, 7) is 3.87. The summed E-state index contributed by atoms with van der Waals surface area (Å²) in [5, 5.41) is 6.51. The van der Waals surface area contributed by atoms with Gasteiger partial charge in [-0.15, -0.1) is 24.0 Å². The maximum absolute atomic E-state index is 5.77. The lowest BCUT2D eigenvalue weighted by molar-refractivity contribution is 0.320. The summed E-state index contributed by atoms with van der Waals surface area (Å²) in [7, 11) is 5.00. The van der Waals surface area contributed by atoms with Crippen molar-refractivity contribution in [1.29, 1.82) is 0 Å². The number of halogens is 1. The average molecular weight is 485 g/mol. The van der Waals surface area contributed by atoms with E-state index in [1.54, 1.807) is 21.3 Å². The number of hydrogen-bond donors (Lipinski definition) is 2. The first-order valence-electron chi connectivity index (χ1n) is 8.51.